The molecule has 1 aromatic heterocycles. The zero-order valence-corrected chi connectivity index (χ0v) is 20.2. The number of carbonyl (C=O) groups is 1. The van der Waals surface area contributed by atoms with Crippen LogP contribution in [0.3, 0.4) is 0 Å². The number of aryl methyl sites for hydroxylation is 1. The number of ether oxygens (including phenoxy) is 1. The van der Waals surface area contributed by atoms with Crippen LogP contribution in [-0.4, -0.2) is 55.4 Å². The molecule has 5 rings (SSSR count). The van der Waals surface area contributed by atoms with E-state index in [1.807, 2.05) is 36.1 Å². The van der Waals surface area contributed by atoms with E-state index in [4.69, 9.17) is 9.15 Å². The van der Waals surface area contributed by atoms with Crippen LogP contribution in [0, 0.1) is 6.92 Å². The van der Waals surface area contributed by atoms with Gasteiger partial charge in [-0.15, -0.1) is 0 Å². The Hall–Kier alpha value is -2.68. The molecule has 7 nitrogen and oxygen atoms in total. The number of furan rings is 1. The Bertz CT molecular complexity index is 1260. The van der Waals surface area contributed by atoms with Gasteiger partial charge in [-0.2, -0.15) is 4.31 Å². The normalized spacial score (nSPS) is 21.7. The second-order valence-electron chi connectivity index (χ2n) is 9.22. The summed E-state index contributed by atoms with van der Waals surface area (Å²) in [6.07, 6.45) is 4.55. The van der Waals surface area contributed by atoms with E-state index in [9.17, 15) is 13.2 Å². The first-order valence-corrected chi connectivity index (χ1v) is 13.3. The van der Waals surface area contributed by atoms with Crippen molar-refractivity contribution in [2.45, 2.75) is 56.1 Å². The Morgan fingerprint density at radius 3 is 2.68 bits per heavy atom. The predicted molar refractivity (Wildman–Crippen MR) is 129 cm³/mol. The SMILES string of the molecule is Cc1ccc(S(=O)(=O)N2CCC[C@H]2C(=O)N(Cc2ccc3ccoc3c2)C2CCCOC2)cc1. The lowest BCUT2D eigenvalue weighted by molar-refractivity contribution is -0.140. The van der Waals surface area contributed by atoms with Crippen molar-refractivity contribution >= 4 is 26.9 Å². The van der Waals surface area contributed by atoms with E-state index in [1.54, 1.807) is 30.5 Å². The molecule has 0 bridgehead atoms. The van der Waals surface area contributed by atoms with Crippen LogP contribution in [0.15, 0.2) is 64.1 Å². The number of nitrogens with zero attached hydrogens (tertiary/aromatic N) is 2. The van der Waals surface area contributed by atoms with E-state index in [1.165, 1.54) is 4.31 Å². The van der Waals surface area contributed by atoms with Crippen molar-refractivity contribution in [2.75, 3.05) is 19.8 Å². The highest BCUT2D eigenvalue weighted by molar-refractivity contribution is 7.89. The number of sulfonamides is 1. The molecule has 1 amide bonds. The number of hydrogen-bond donors (Lipinski definition) is 0. The summed E-state index contributed by atoms with van der Waals surface area (Å²) >= 11 is 0. The first-order chi connectivity index (χ1) is 16.4. The first-order valence-electron chi connectivity index (χ1n) is 11.9. The van der Waals surface area contributed by atoms with Gasteiger partial charge in [0.1, 0.15) is 11.6 Å². The molecule has 2 saturated heterocycles. The summed E-state index contributed by atoms with van der Waals surface area (Å²) in [4.78, 5) is 16.0. The lowest BCUT2D eigenvalue weighted by atomic mass is 10.0. The third-order valence-corrected chi connectivity index (χ3v) is 8.77. The molecule has 8 heteroatoms. The number of hydrogen-bond acceptors (Lipinski definition) is 5. The fraction of sp³-hybridized carbons (Fsp3) is 0.423. The predicted octanol–water partition coefficient (Wildman–Crippen LogP) is 4.10. The van der Waals surface area contributed by atoms with Crippen molar-refractivity contribution < 1.29 is 22.4 Å². The lowest BCUT2D eigenvalue weighted by Crippen LogP contribution is -2.52. The molecule has 180 valence electrons. The summed E-state index contributed by atoms with van der Waals surface area (Å²) in [5.41, 5.74) is 2.71. The fourth-order valence-corrected chi connectivity index (χ4v) is 6.61. The molecular weight excluding hydrogens is 452 g/mol. The molecule has 2 aromatic carbocycles. The summed E-state index contributed by atoms with van der Waals surface area (Å²) in [5, 5.41) is 1.01. The largest absolute Gasteiger partial charge is 0.464 e. The third kappa shape index (κ3) is 4.50. The molecule has 2 atom stereocenters. The van der Waals surface area contributed by atoms with E-state index in [0.717, 1.165) is 34.9 Å². The number of rotatable bonds is 6. The molecule has 0 radical (unpaired) electrons. The first kappa shape index (κ1) is 23.1. The Kier molecular flexibility index (Phi) is 6.46. The molecule has 3 aromatic rings. The minimum atomic E-state index is -3.77. The average molecular weight is 483 g/mol. The monoisotopic (exact) mass is 482 g/mol. The third-order valence-electron chi connectivity index (χ3n) is 6.85. The van der Waals surface area contributed by atoms with Crippen LogP contribution >= 0.6 is 0 Å². The number of carbonyl (C=O) groups excluding carboxylic acids is 1. The highest BCUT2D eigenvalue weighted by atomic mass is 32.2. The van der Waals surface area contributed by atoms with Gasteiger partial charge in [0.05, 0.1) is 23.8 Å². The van der Waals surface area contributed by atoms with E-state index in [2.05, 4.69) is 0 Å². The van der Waals surface area contributed by atoms with Crippen molar-refractivity contribution in [3.8, 4) is 0 Å². The van der Waals surface area contributed by atoms with Gasteiger partial charge < -0.3 is 14.1 Å². The topological polar surface area (TPSA) is 80.1 Å². The van der Waals surface area contributed by atoms with Crippen LogP contribution in [0.1, 0.15) is 36.8 Å². The molecule has 34 heavy (non-hydrogen) atoms. The van der Waals surface area contributed by atoms with Gasteiger partial charge in [0.15, 0.2) is 0 Å². The minimum Gasteiger partial charge on any atom is -0.464 e. The molecule has 2 aliphatic heterocycles. The van der Waals surface area contributed by atoms with Gasteiger partial charge in [-0.05, 0) is 62.4 Å². The summed E-state index contributed by atoms with van der Waals surface area (Å²) < 4.78 is 39.6. The molecule has 0 spiro atoms. The van der Waals surface area contributed by atoms with Gasteiger partial charge in [0.2, 0.25) is 15.9 Å². The highest BCUT2D eigenvalue weighted by Crippen LogP contribution is 2.30. The molecule has 2 aliphatic rings. The maximum atomic E-state index is 13.9. The van der Waals surface area contributed by atoms with Crippen LogP contribution in [0.5, 0.6) is 0 Å². The summed E-state index contributed by atoms with van der Waals surface area (Å²) in [7, 11) is -3.77. The highest BCUT2D eigenvalue weighted by Gasteiger charge is 2.42. The standard InChI is InChI=1S/C26H30N2O5S/c1-19-6-10-23(11-7-19)34(30,31)28-13-2-5-24(28)26(29)27(22-4-3-14-32-18-22)17-20-8-9-21-12-15-33-25(21)16-20/h6-12,15-16,22,24H,2-5,13-14,17-18H2,1H3/t22?,24-/m0/s1. The number of benzene rings is 2. The number of fused-ring (bicyclic) bond motifs is 1. The van der Waals surface area contributed by atoms with Crippen LogP contribution in [0.2, 0.25) is 0 Å². The molecule has 0 N–H and O–H groups in total. The van der Waals surface area contributed by atoms with E-state index >= 15 is 0 Å². The van der Waals surface area contributed by atoms with Gasteiger partial charge in [0.25, 0.3) is 0 Å². The van der Waals surface area contributed by atoms with Gasteiger partial charge in [-0.3, -0.25) is 4.79 Å². The van der Waals surface area contributed by atoms with Crippen LogP contribution < -0.4 is 0 Å². The molecule has 0 aliphatic carbocycles. The van der Waals surface area contributed by atoms with Gasteiger partial charge in [-0.1, -0.05) is 29.8 Å². The van der Waals surface area contributed by atoms with Crippen molar-refractivity contribution in [1.82, 2.24) is 9.21 Å². The maximum absolute atomic E-state index is 13.9. The smallest absolute Gasteiger partial charge is 0.243 e. The molecule has 3 heterocycles. The molecule has 1 unspecified atom stereocenters. The Morgan fingerprint density at radius 1 is 1.09 bits per heavy atom. The zero-order chi connectivity index (χ0) is 23.7. The van der Waals surface area contributed by atoms with Gasteiger partial charge in [0, 0.05) is 25.1 Å². The number of amides is 1. The van der Waals surface area contributed by atoms with Crippen molar-refractivity contribution in [3.63, 3.8) is 0 Å². The Labute approximate surface area is 200 Å². The van der Waals surface area contributed by atoms with Crippen LogP contribution in [0.4, 0.5) is 0 Å². The minimum absolute atomic E-state index is 0.0851. The summed E-state index contributed by atoms with van der Waals surface area (Å²) in [5.74, 6) is -0.150. The van der Waals surface area contributed by atoms with E-state index < -0.39 is 16.1 Å². The zero-order valence-electron chi connectivity index (χ0n) is 19.4. The van der Waals surface area contributed by atoms with Crippen molar-refractivity contribution in [1.29, 1.82) is 0 Å². The van der Waals surface area contributed by atoms with Crippen LogP contribution in [-0.2, 0) is 26.1 Å². The summed E-state index contributed by atoms with van der Waals surface area (Å²) in [6.45, 7) is 3.81. The molecular formula is C26H30N2O5S. The Balaban J connectivity index is 1.44. The van der Waals surface area contributed by atoms with Crippen LogP contribution in [0.25, 0.3) is 11.0 Å². The average Bonchev–Trinajstić information content (AvgIpc) is 3.53. The van der Waals surface area contributed by atoms with Crippen molar-refractivity contribution in [2.24, 2.45) is 0 Å². The quantitative estimate of drug-likeness (QED) is 0.528. The fourth-order valence-electron chi connectivity index (χ4n) is 4.96. The van der Waals surface area contributed by atoms with E-state index in [0.29, 0.717) is 39.1 Å². The van der Waals surface area contributed by atoms with Gasteiger partial charge in [-0.25, -0.2) is 8.42 Å². The summed E-state index contributed by atoms with van der Waals surface area (Å²) in [6, 6.07) is 13.9. The maximum Gasteiger partial charge on any atom is 0.243 e. The second kappa shape index (κ2) is 9.52. The van der Waals surface area contributed by atoms with E-state index in [-0.39, 0.29) is 16.8 Å². The molecule has 2 fully saturated rings. The van der Waals surface area contributed by atoms with Crippen molar-refractivity contribution in [3.05, 3.63) is 65.9 Å². The molecule has 0 saturated carbocycles. The lowest BCUT2D eigenvalue weighted by Gasteiger charge is -2.37. The second-order valence-corrected chi connectivity index (χ2v) is 11.1. The Morgan fingerprint density at radius 2 is 1.91 bits per heavy atom. The van der Waals surface area contributed by atoms with Gasteiger partial charge >= 0.3 is 0 Å².